The molecule has 1 saturated heterocycles. The Kier molecular flexibility index (Phi) is 6.48. The van der Waals surface area contributed by atoms with Crippen LogP contribution in [0.4, 0.5) is 0 Å². The number of carbonyl (C=O) groups excluding carboxylic acids is 1. The van der Waals surface area contributed by atoms with Crippen molar-refractivity contribution in [2.75, 3.05) is 18.8 Å². The van der Waals surface area contributed by atoms with Crippen molar-refractivity contribution in [3.8, 4) is 11.5 Å². The molecule has 7 heteroatoms. The summed E-state index contributed by atoms with van der Waals surface area (Å²) in [7, 11) is -1.31. The number of carbonyl (C=O) groups is 1. The van der Waals surface area contributed by atoms with Crippen molar-refractivity contribution in [3.05, 3.63) is 40.7 Å². The molecule has 1 atom stereocenters. The van der Waals surface area contributed by atoms with Crippen molar-refractivity contribution in [3.63, 3.8) is 0 Å². The monoisotopic (exact) mass is 394 g/mol. The maximum absolute atomic E-state index is 12.5. The number of halogens is 1. The van der Waals surface area contributed by atoms with Gasteiger partial charge in [-0.3, -0.25) is 9.00 Å². The van der Waals surface area contributed by atoms with Crippen LogP contribution in [-0.2, 0) is 21.3 Å². The summed E-state index contributed by atoms with van der Waals surface area (Å²) in [6.45, 7) is 3.34. The molecule has 0 aliphatic carbocycles. The second kappa shape index (κ2) is 8.82. The maximum atomic E-state index is 12.5. The van der Waals surface area contributed by atoms with E-state index < -0.39 is 10.8 Å². The predicted molar refractivity (Wildman–Crippen MR) is 103 cm³/mol. The third kappa shape index (κ3) is 4.74. The van der Waals surface area contributed by atoms with E-state index in [2.05, 4.69) is 4.98 Å². The van der Waals surface area contributed by atoms with E-state index >= 15 is 0 Å². The normalized spacial score (nSPS) is 16.3. The molecule has 2 aromatic rings. The Bertz CT molecular complexity index is 798. The van der Waals surface area contributed by atoms with E-state index in [1.807, 2.05) is 23.1 Å². The van der Waals surface area contributed by atoms with Crippen molar-refractivity contribution in [2.24, 2.45) is 0 Å². The van der Waals surface area contributed by atoms with Gasteiger partial charge in [-0.1, -0.05) is 36.6 Å². The van der Waals surface area contributed by atoms with Crippen LogP contribution in [0.15, 0.2) is 28.7 Å². The van der Waals surface area contributed by atoms with Crippen LogP contribution < -0.4 is 0 Å². The Morgan fingerprint density at radius 1 is 1.23 bits per heavy atom. The fourth-order valence-electron chi connectivity index (χ4n) is 3.06. The summed E-state index contributed by atoms with van der Waals surface area (Å²) in [5.41, 5.74) is 1.32. The summed E-state index contributed by atoms with van der Waals surface area (Å²) in [5, 5.41) is 0.553. The number of aromatic nitrogens is 1. The largest absolute Gasteiger partial charge is 0.441 e. The number of hydrogen-bond donors (Lipinski definition) is 0. The van der Waals surface area contributed by atoms with E-state index in [-0.39, 0.29) is 17.4 Å². The highest BCUT2D eigenvalue weighted by molar-refractivity contribution is 7.84. The van der Waals surface area contributed by atoms with Crippen LogP contribution in [-0.4, -0.2) is 38.8 Å². The number of oxazole rings is 1. The summed E-state index contributed by atoms with van der Waals surface area (Å²) < 4.78 is 18.2. The van der Waals surface area contributed by atoms with Gasteiger partial charge in [-0.2, -0.15) is 0 Å². The quantitative estimate of drug-likeness (QED) is 0.770. The number of rotatable bonds is 5. The van der Waals surface area contributed by atoms with E-state index in [1.165, 1.54) is 0 Å². The van der Waals surface area contributed by atoms with Crippen LogP contribution in [0.2, 0.25) is 5.02 Å². The van der Waals surface area contributed by atoms with Gasteiger partial charge in [-0.25, -0.2) is 4.98 Å². The minimum absolute atomic E-state index is 0.0299. The predicted octanol–water partition coefficient (Wildman–Crippen LogP) is 3.95. The smallest absolute Gasteiger partial charge is 0.235 e. The molecule has 2 heterocycles. The van der Waals surface area contributed by atoms with Crippen molar-refractivity contribution in [1.82, 2.24) is 9.88 Å². The van der Waals surface area contributed by atoms with Gasteiger partial charge in [0.25, 0.3) is 0 Å². The van der Waals surface area contributed by atoms with Crippen LogP contribution >= 0.6 is 11.6 Å². The number of amides is 1. The van der Waals surface area contributed by atoms with Gasteiger partial charge in [0.15, 0.2) is 0 Å². The third-order valence-electron chi connectivity index (χ3n) is 4.54. The van der Waals surface area contributed by atoms with E-state index in [1.54, 1.807) is 13.0 Å². The average molecular weight is 395 g/mol. The summed E-state index contributed by atoms with van der Waals surface area (Å²) in [4.78, 5) is 18.7. The van der Waals surface area contributed by atoms with Crippen LogP contribution in [0, 0.1) is 6.92 Å². The van der Waals surface area contributed by atoms with Crippen molar-refractivity contribution in [1.29, 1.82) is 0 Å². The zero-order valence-corrected chi connectivity index (χ0v) is 16.4. The molecule has 140 valence electrons. The second-order valence-electron chi connectivity index (χ2n) is 6.53. The lowest BCUT2D eigenvalue weighted by Crippen LogP contribution is -2.35. The van der Waals surface area contributed by atoms with Gasteiger partial charge < -0.3 is 9.32 Å². The molecule has 0 spiro atoms. The Morgan fingerprint density at radius 3 is 2.62 bits per heavy atom. The van der Waals surface area contributed by atoms with Crippen LogP contribution in [0.3, 0.4) is 0 Å². The summed E-state index contributed by atoms with van der Waals surface area (Å²) >= 11 is 6.18. The third-order valence-corrected chi connectivity index (χ3v) is 6.03. The summed E-state index contributed by atoms with van der Waals surface area (Å²) in [5.74, 6) is 1.24. The Labute approximate surface area is 161 Å². The molecule has 0 bridgehead atoms. The first-order chi connectivity index (χ1) is 12.5. The van der Waals surface area contributed by atoms with Crippen LogP contribution in [0.5, 0.6) is 0 Å². The molecule has 1 unspecified atom stereocenters. The molecule has 1 aromatic carbocycles. The first-order valence-corrected chi connectivity index (χ1v) is 10.7. The Hall–Kier alpha value is -1.66. The molecule has 1 amide bonds. The molecule has 3 rings (SSSR count). The molecule has 1 fully saturated rings. The molecule has 1 aromatic heterocycles. The van der Waals surface area contributed by atoms with Crippen LogP contribution in [0.1, 0.15) is 37.1 Å². The first-order valence-electron chi connectivity index (χ1n) is 8.88. The standard InChI is InChI=1S/C19H23ClN2O3S/c1-14-17(21-19(25-14)15-8-4-5-9-16(15)20)12-26(24)13-18(23)22-10-6-2-3-7-11-22/h4-5,8-9H,2-3,6-7,10-13H2,1H3. The SMILES string of the molecule is Cc1oc(-c2ccccc2Cl)nc1CS(=O)CC(=O)N1CCCCCC1. The van der Waals surface area contributed by atoms with Gasteiger partial charge >= 0.3 is 0 Å². The molecule has 1 aliphatic rings. The first kappa shape index (κ1) is 19.1. The topological polar surface area (TPSA) is 63.4 Å². The minimum Gasteiger partial charge on any atom is -0.441 e. The van der Waals surface area contributed by atoms with E-state index in [4.69, 9.17) is 16.0 Å². The highest BCUT2D eigenvalue weighted by Crippen LogP contribution is 2.28. The molecule has 5 nitrogen and oxygen atoms in total. The van der Waals surface area contributed by atoms with Crippen molar-refractivity contribution >= 4 is 28.3 Å². The fraction of sp³-hybridized carbons (Fsp3) is 0.474. The minimum atomic E-state index is -1.31. The zero-order chi connectivity index (χ0) is 18.5. The molecule has 0 radical (unpaired) electrons. The molecule has 1 aliphatic heterocycles. The maximum Gasteiger partial charge on any atom is 0.235 e. The highest BCUT2D eigenvalue weighted by atomic mass is 35.5. The zero-order valence-electron chi connectivity index (χ0n) is 14.9. The summed E-state index contributed by atoms with van der Waals surface area (Å²) in [6.07, 6.45) is 4.38. The van der Waals surface area contributed by atoms with Crippen LogP contribution in [0.25, 0.3) is 11.5 Å². The van der Waals surface area contributed by atoms with E-state index in [0.717, 1.165) is 38.8 Å². The van der Waals surface area contributed by atoms with E-state index in [0.29, 0.717) is 27.9 Å². The average Bonchev–Trinajstić information content (AvgIpc) is 2.82. The van der Waals surface area contributed by atoms with E-state index in [9.17, 15) is 9.00 Å². The second-order valence-corrected chi connectivity index (χ2v) is 8.39. The lowest BCUT2D eigenvalue weighted by molar-refractivity contribution is -0.128. The number of likely N-dealkylation sites (tertiary alicyclic amines) is 1. The van der Waals surface area contributed by atoms with Crippen molar-refractivity contribution < 1.29 is 13.4 Å². The Morgan fingerprint density at radius 2 is 1.92 bits per heavy atom. The lowest BCUT2D eigenvalue weighted by Gasteiger charge is -2.19. The number of hydrogen-bond acceptors (Lipinski definition) is 4. The van der Waals surface area contributed by atoms with Gasteiger partial charge in [-0.05, 0) is 31.9 Å². The number of aryl methyl sites for hydroxylation is 1. The molecular weight excluding hydrogens is 372 g/mol. The molecular formula is C19H23ClN2O3S. The van der Waals surface area contributed by atoms with Gasteiger partial charge in [0.1, 0.15) is 11.5 Å². The Balaban J connectivity index is 1.64. The number of benzene rings is 1. The van der Waals surface area contributed by atoms with Gasteiger partial charge in [0, 0.05) is 23.9 Å². The van der Waals surface area contributed by atoms with Gasteiger partial charge in [0.05, 0.1) is 22.0 Å². The lowest BCUT2D eigenvalue weighted by atomic mass is 10.2. The van der Waals surface area contributed by atoms with Gasteiger partial charge in [0.2, 0.25) is 11.8 Å². The molecule has 0 saturated carbocycles. The van der Waals surface area contributed by atoms with Gasteiger partial charge in [-0.15, -0.1) is 0 Å². The summed E-state index contributed by atoms with van der Waals surface area (Å²) in [6, 6.07) is 7.30. The molecule has 26 heavy (non-hydrogen) atoms. The molecule has 0 N–H and O–H groups in total. The highest BCUT2D eigenvalue weighted by Gasteiger charge is 2.20. The number of nitrogens with zero attached hydrogens (tertiary/aromatic N) is 2. The fourth-order valence-corrected chi connectivity index (χ4v) is 4.41. The van der Waals surface area contributed by atoms with Crippen molar-refractivity contribution in [2.45, 2.75) is 38.4 Å².